The molecule has 2 atom stereocenters. The quantitative estimate of drug-likeness (QED) is 0.423. The van der Waals surface area contributed by atoms with E-state index in [-0.39, 0.29) is 16.9 Å². The first-order valence-electron chi connectivity index (χ1n) is 11.0. The number of ether oxygens (including phenoxy) is 2. The number of hydrogen-bond donors (Lipinski definition) is 4. The van der Waals surface area contributed by atoms with E-state index in [0.29, 0.717) is 19.0 Å². The fourth-order valence-electron chi connectivity index (χ4n) is 3.85. The first-order chi connectivity index (χ1) is 15.0. The van der Waals surface area contributed by atoms with Gasteiger partial charge in [-0.2, -0.15) is 0 Å². The van der Waals surface area contributed by atoms with Crippen LogP contribution in [0.3, 0.4) is 0 Å². The minimum absolute atomic E-state index is 0.0279. The summed E-state index contributed by atoms with van der Waals surface area (Å²) >= 11 is 0. The van der Waals surface area contributed by atoms with Gasteiger partial charge in [-0.05, 0) is 51.7 Å². The minimum Gasteiger partial charge on any atom is -0.444 e. The zero-order valence-corrected chi connectivity index (χ0v) is 19.7. The lowest BCUT2D eigenvalue weighted by atomic mass is 9.83. The van der Waals surface area contributed by atoms with Gasteiger partial charge in [0.05, 0.1) is 25.3 Å². The van der Waals surface area contributed by atoms with Crippen molar-refractivity contribution in [2.45, 2.75) is 81.7 Å². The average Bonchev–Trinajstić information content (AvgIpc) is 2.69. The number of sulfonamides is 1. The fraction of sp³-hybridized carbons (Fsp3) is 0.714. The topological polar surface area (TPSA) is 139 Å². The summed E-state index contributed by atoms with van der Waals surface area (Å²) in [5.74, 6) is 0.391. The molecule has 0 radical (unpaired) electrons. The lowest BCUT2D eigenvalue weighted by Gasteiger charge is -2.35. The second-order valence-corrected chi connectivity index (χ2v) is 11.1. The van der Waals surface area contributed by atoms with Crippen LogP contribution in [0.4, 0.5) is 10.6 Å². The van der Waals surface area contributed by atoms with Crippen LogP contribution in [0.25, 0.3) is 0 Å². The maximum atomic E-state index is 12.4. The van der Waals surface area contributed by atoms with Crippen LogP contribution in [-0.2, 0) is 19.5 Å². The Morgan fingerprint density at radius 1 is 1.22 bits per heavy atom. The Morgan fingerprint density at radius 3 is 2.44 bits per heavy atom. The Labute approximate surface area is 189 Å². The normalized spacial score (nSPS) is 20.1. The number of nitrogens with one attached hydrogen (secondary N) is 3. The van der Waals surface area contributed by atoms with Gasteiger partial charge in [-0.15, -0.1) is 0 Å². The van der Waals surface area contributed by atoms with Gasteiger partial charge in [-0.3, -0.25) is 0 Å². The van der Waals surface area contributed by atoms with Gasteiger partial charge in [0.15, 0.2) is 0 Å². The van der Waals surface area contributed by atoms with Crippen LogP contribution in [-0.4, -0.2) is 61.7 Å². The first kappa shape index (κ1) is 24.7. The van der Waals surface area contributed by atoms with Gasteiger partial charge in [-0.1, -0.05) is 19.3 Å². The second kappa shape index (κ2) is 10.3. The molecule has 3 rings (SSSR count). The van der Waals surface area contributed by atoms with Crippen LogP contribution in [0.2, 0.25) is 0 Å². The number of nitrogens with zero attached hydrogens (tertiary/aromatic N) is 1. The van der Waals surface area contributed by atoms with Crippen LogP contribution in [0.15, 0.2) is 23.2 Å². The molecule has 180 valence electrons. The molecule has 0 aromatic carbocycles. The van der Waals surface area contributed by atoms with Crippen molar-refractivity contribution in [2.24, 2.45) is 5.92 Å². The molecule has 1 aromatic heterocycles. The highest BCUT2D eigenvalue weighted by molar-refractivity contribution is 7.89. The van der Waals surface area contributed by atoms with Crippen LogP contribution in [0, 0.1) is 5.92 Å². The van der Waals surface area contributed by atoms with E-state index < -0.39 is 34.0 Å². The second-order valence-electron chi connectivity index (χ2n) is 9.39. The van der Waals surface area contributed by atoms with Crippen molar-refractivity contribution >= 4 is 21.9 Å². The van der Waals surface area contributed by atoms with E-state index in [2.05, 4.69) is 20.3 Å². The monoisotopic (exact) mass is 470 g/mol. The highest BCUT2D eigenvalue weighted by atomic mass is 32.2. The summed E-state index contributed by atoms with van der Waals surface area (Å²) in [6, 6.07) is 2.10. The van der Waals surface area contributed by atoms with Gasteiger partial charge >= 0.3 is 6.09 Å². The SMILES string of the molecule is CC(C)(C)OC(=O)N[C@@H](C1CCCCC1)[C@H](O)Nc1ccc(S(=O)(=O)NC2COC2)cn1. The summed E-state index contributed by atoms with van der Waals surface area (Å²) in [7, 11) is -3.69. The number of amides is 1. The van der Waals surface area contributed by atoms with Gasteiger partial charge in [0.1, 0.15) is 22.5 Å². The average molecular weight is 471 g/mol. The maximum absolute atomic E-state index is 12.4. The third-order valence-electron chi connectivity index (χ3n) is 5.48. The van der Waals surface area contributed by atoms with Crippen molar-refractivity contribution in [1.82, 2.24) is 15.0 Å². The molecule has 1 aromatic rings. The molecule has 32 heavy (non-hydrogen) atoms. The molecule has 1 aliphatic carbocycles. The van der Waals surface area contributed by atoms with Crippen molar-refractivity contribution in [2.75, 3.05) is 18.5 Å². The number of aliphatic hydroxyl groups excluding tert-OH is 1. The number of aliphatic hydroxyl groups is 1. The number of aromatic nitrogens is 1. The third kappa shape index (κ3) is 7.03. The van der Waals surface area contributed by atoms with E-state index in [9.17, 15) is 18.3 Å². The van der Waals surface area contributed by atoms with Crippen LogP contribution < -0.4 is 15.4 Å². The summed E-state index contributed by atoms with van der Waals surface area (Å²) in [4.78, 5) is 16.5. The molecule has 1 saturated heterocycles. The van der Waals surface area contributed by atoms with Crippen LogP contribution in [0.5, 0.6) is 0 Å². The van der Waals surface area contributed by atoms with Gasteiger partial charge in [0.2, 0.25) is 10.0 Å². The van der Waals surface area contributed by atoms with E-state index in [1.54, 1.807) is 20.8 Å². The van der Waals surface area contributed by atoms with Crippen molar-refractivity contribution in [3.8, 4) is 0 Å². The maximum Gasteiger partial charge on any atom is 0.408 e. The molecule has 2 heterocycles. The highest BCUT2D eigenvalue weighted by Crippen LogP contribution is 2.28. The Hall–Kier alpha value is -1.95. The molecule has 0 bridgehead atoms. The first-order valence-corrected chi connectivity index (χ1v) is 12.5. The summed E-state index contributed by atoms with van der Waals surface area (Å²) in [5.41, 5.74) is -0.651. The Balaban J connectivity index is 1.66. The van der Waals surface area contributed by atoms with E-state index in [1.807, 2.05) is 0 Å². The molecule has 0 unspecified atom stereocenters. The summed E-state index contributed by atoms with van der Waals surface area (Å²) < 4.78 is 37.7. The zero-order valence-electron chi connectivity index (χ0n) is 18.8. The van der Waals surface area contributed by atoms with Gasteiger partial charge in [-0.25, -0.2) is 22.9 Å². The molecule has 1 aliphatic heterocycles. The van der Waals surface area contributed by atoms with E-state index in [1.165, 1.54) is 18.3 Å². The fourth-order valence-corrected chi connectivity index (χ4v) is 5.00. The standard InChI is InChI=1S/C21H34N4O6S/c1-21(2,3)31-20(27)24-18(14-7-5-4-6-8-14)19(26)23-17-10-9-16(11-22-17)32(28,29)25-15-12-30-13-15/h9-11,14-15,18-19,25-26H,4-8,12-13H2,1-3H3,(H,22,23)(H,24,27)/t18-,19-/m0/s1. The molecule has 1 saturated carbocycles. The Kier molecular flexibility index (Phi) is 7.97. The summed E-state index contributed by atoms with van der Waals surface area (Å²) in [5, 5.41) is 16.6. The van der Waals surface area contributed by atoms with Gasteiger partial charge < -0.3 is 25.2 Å². The molecular weight excluding hydrogens is 436 g/mol. The number of hydrogen-bond acceptors (Lipinski definition) is 8. The molecule has 10 nitrogen and oxygen atoms in total. The van der Waals surface area contributed by atoms with Crippen molar-refractivity contribution in [3.63, 3.8) is 0 Å². The largest absolute Gasteiger partial charge is 0.444 e. The summed E-state index contributed by atoms with van der Waals surface area (Å²) in [6.07, 6.45) is 4.51. The molecule has 0 spiro atoms. The number of carbonyl (C=O) groups excluding carboxylic acids is 1. The number of anilines is 1. The molecular formula is C21H34N4O6S. The zero-order chi connectivity index (χ0) is 23.4. The van der Waals surface area contributed by atoms with Gasteiger partial charge in [0, 0.05) is 6.20 Å². The lowest BCUT2D eigenvalue weighted by Crippen LogP contribution is -2.52. The predicted octanol–water partition coefficient (Wildman–Crippen LogP) is 1.96. The smallest absolute Gasteiger partial charge is 0.408 e. The Morgan fingerprint density at radius 2 is 1.91 bits per heavy atom. The van der Waals surface area contributed by atoms with Crippen molar-refractivity contribution in [3.05, 3.63) is 18.3 Å². The minimum atomic E-state index is -3.69. The third-order valence-corrected chi connectivity index (χ3v) is 6.99. The van der Waals surface area contributed by atoms with Crippen LogP contribution >= 0.6 is 0 Å². The lowest BCUT2D eigenvalue weighted by molar-refractivity contribution is 0.00482. The molecule has 4 N–H and O–H groups in total. The highest BCUT2D eigenvalue weighted by Gasteiger charge is 2.33. The van der Waals surface area contributed by atoms with E-state index in [4.69, 9.17) is 9.47 Å². The van der Waals surface area contributed by atoms with Crippen molar-refractivity contribution < 1.29 is 27.8 Å². The van der Waals surface area contributed by atoms with Gasteiger partial charge in [0.25, 0.3) is 0 Å². The summed E-state index contributed by atoms with van der Waals surface area (Å²) in [6.45, 7) is 6.05. The number of rotatable bonds is 8. The van der Waals surface area contributed by atoms with Crippen LogP contribution in [0.1, 0.15) is 52.9 Å². The van der Waals surface area contributed by atoms with E-state index in [0.717, 1.165) is 32.1 Å². The molecule has 2 fully saturated rings. The van der Waals surface area contributed by atoms with Crippen molar-refractivity contribution in [1.29, 1.82) is 0 Å². The predicted molar refractivity (Wildman–Crippen MR) is 119 cm³/mol. The Bertz CT molecular complexity index is 861. The van der Waals surface area contributed by atoms with E-state index >= 15 is 0 Å². The number of carbonyl (C=O) groups is 1. The number of pyridine rings is 1. The number of alkyl carbamates (subject to hydrolysis) is 1. The molecule has 2 aliphatic rings. The molecule has 11 heteroatoms. The molecule has 1 amide bonds.